The lowest BCUT2D eigenvalue weighted by molar-refractivity contribution is -0.118. The van der Waals surface area contributed by atoms with Gasteiger partial charge in [0.15, 0.2) is 5.16 Å². The number of hydrogen-bond acceptors (Lipinski definition) is 6. The second kappa shape index (κ2) is 10.5. The summed E-state index contributed by atoms with van der Waals surface area (Å²) in [4.78, 5) is 33.2. The molecule has 0 unspecified atom stereocenters. The first kappa shape index (κ1) is 24.0. The molecule has 1 N–H and O–H groups in total. The molecular weight excluding hydrogens is 544 g/mol. The topological polar surface area (TPSA) is 76.3 Å². The summed E-state index contributed by atoms with van der Waals surface area (Å²) in [6.45, 7) is 2.01. The second-order valence-electron chi connectivity index (χ2n) is 8.40. The molecule has 0 bridgehead atoms. The molecule has 0 atom stereocenters. The maximum Gasteiger partial charge on any atom is 0.267 e. The van der Waals surface area contributed by atoms with E-state index in [0.29, 0.717) is 5.16 Å². The van der Waals surface area contributed by atoms with Gasteiger partial charge in [0.2, 0.25) is 0 Å². The molecule has 0 aliphatic heterocycles. The van der Waals surface area contributed by atoms with E-state index >= 15 is 0 Å². The van der Waals surface area contributed by atoms with E-state index in [1.807, 2.05) is 55.5 Å². The number of hydrogen-bond donors (Lipinski definition) is 1. The standard InChI is InChI=1S/C26H23BrN4O2S2/c1-16-9-11-19(12-10-16)31-25(33)23-20-7-2-3-8-21(20)35-24(23)29-26(31)34-15-22(32)30-28-14-17-5-4-6-18(27)13-17/h4-6,9-14H,2-3,7-8,15H2,1H3,(H,30,32). The van der Waals surface area contributed by atoms with E-state index in [1.54, 1.807) is 22.1 Å². The number of hydrazone groups is 1. The molecule has 6 nitrogen and oxygen atoms in total. The lowest BCUT2D eigenvalue weighted by Gasteiger charge is -2.13. The van der Waals surface area contributed by atoms with Gasteiger partial charge >= 0.3 is 0 Å². The number of aromatic nitrogens is 2. The van der Waals surface area contributed by atoms with Gasteiger partial charge in [-0.3, -0.25) is 14.2 Å². The van der Waals surface area contributed by atoms with Crippen LogP contribution in [0.2, 0.25) is 0 Å². The fraction of sp³-hybridized carbons (Fsp3) is 0.231. The smallest absolute Gasteiger partial charge is 0.267 e. The Bertz CT molecular complexity index is 1490. The Morgan fingerprint density at radius 2 is 2.03 bits per heavy atom. The van der Waals surface area contributed by atoms with Crippen molar-refractivity contribution >= 4 is 61.4 Å². The highest BCUT2D eigenvalue weighted by molar-refractivity contribution is 9.10. The number of aryl methyl sites for hydroxylation is 3. The highest BCUT2D eigenvalue weighted by Crippen LogP contribution is 2.35. The van der Waals surface area contributed by atoms with Crippen LogP contribution in [-0.4, -0.2) is 27.4 Å². The number of thiophene rings is 1. The molecule has 2 heterocycles. The second-order valence-corrected chi connectivity index (χ2v) is 11.3. The van der Waals surface area contributed by atoms with Gasteiger partial charge in [0.25, 0.3) is 11.5 Å². The number of nitrogens with one attached hydrogen (secondary N) is 1. The Balaban J connectivity index is 1.43. The molecule has 0 saturated heterocycles. The number of amides is 1. The van der Waals surface area contributed by atoms with Crippen LogP contribution in [0.15, 0.2) is 68.1 Å². The van der Waals surface area contributed by atoms with Gasteiger partial charge in [-0.25, -0.2) is 10.4 Å². The van der Waals surface area contributed by atoms with E-state index in [0.717, 1.165) is 62.8 Å². The summed E-state index contributed by atoms with van der Waals surface area (Å²) in [6, 6.07) is 15.4. The minimum atomic E-state index is -0.267. The molecule has 9 heteroatoms. The molecule has 1 aliphatic carbocycles. The first-order chi connectivity index (χ1) is 17.0. The van der Waals surface area contributed by atoms with Crippen LogP contribution in [0.4, 0.5) is 0 Å². The van der Waals surface area contributed by atoms with E-state index in [4.69, 9.17) is 4.98 Å². The molecule has 4 aromatic rings. The van der Waals surface area contributed by atoms with Crippen molar-refractivity contribution in [1.29, 1.82) is 0 Å². The zero-order valence-electron chi connectivity index (χ0n) is 19.1. The van der Waals surface area contributed by atoms with E-state index in [2.05, 4.69) is 26.5 Å². The Labute approximate surface area is 219 Å². The molecule has 178 valence electrons. The summed E-state index contributed by atoms with van der Waals surface area (Å²) >= 11 is 6.28. The minimum Gasteiger partial charge on any atom is -0.272 e. The van der Waals surface area contributed by atoms with Crippen LogP contribution in [-0.2, 0) is 17.6 Å². The third-order valence-electron chi connectivity index (χ3n) is 5.83. The normalized spacial score (nSPS) is 13.3. The van der Waals surface area contributed by atoms with E-state index in [1.165, 1.54) is 16.6 Å². The highest BCUT2D eigenvalue weighted by Gasteiger charge is 2.23. The lowest BCUT2D eigenvalue weighted by Crippen LogP contribution is -2.24. The monoisotopic (exact) mass is 566 g/mol. The van der Waals surface area contributed by atoms with Gasteiger partial charge in [-0.05, 0) is 68.0 Å². The summed E-state index contributed by atoms with van der Waals surface area (Å²) in [5.74, 6) is -0.179. The molecule has 0 fully saturated rings. The Hall–Kier alpha value is -2.75. The van der Waals surface area contributed by atoms with Crippen molar-refractivity contribution in [3.63, 3.8) is 0 Å². The largest absolute Gasteiger partial charge is 0.272 e. The van der Waals surface area contributed by atoms with Crippen LogP contribution in [0, 0.1) is 6.92 Å². The van der Waals surface area contributed by atoms with Crippen molar-refractivity contribution in [2.75, 3.05) is 5.75 Å². The SMILES string of the molecule is Cc1ccc(-n2c(SCC(=O)NN=Cc3cccc(Br)c3)nc3sc4c(c3c2=O)CCCC4)cc1. The Morgan fingerprint density at radius 1 is 1.23 bits per heavy atom. The molecule has 2 aromatic carbocycles. The lowest BCUT2D eigenvalue weighted by atomic mass is 9.97. The van der Waals surface area contributed by atoms with Gasteiger partial charge in [0.05, 0.1) is 23.0 Å². The number of carbonyl (C=O) groups is 1. The summed E-state index contributed by atoms with van der Waals surface area (Å²) in [6.07, 6.45) is 5.76. The van der Waals surface area contributed by atoms with Crippen LogP contribution in [0.1, 0.15) is 34.4 Å². The van der Waals surface area contributed by atoms with Crippen molar-refractivity contribution in [2.24, 2.45) is 5.10 Å². The summed E-state index contributed by atoms with van der Waals surface area (Å²) in [5.41, 5.74) is 6.39. The van der Waals surface area contributed by atoms with Crippen molar-refractivity contribution in [3.8, 4) is 5.69 Å². The van der Waals surface area contributed by atoms with E-state index < -0.39 is 0 Å². The summed E-state index contributed by atoms with van der Waals surface area (Å²) in [7, 11) is 0. The molecule has 0 spiro atoms. The fourth-order valence-electron chi connectivity index (χ4n) is 4.13. The van der Waals surface area contributed by atoms with Crippen LogP contribution >= 0.6 is 39.0 Å². The first-order valence-corrected chi connectivity index (χ1v) is 13.9. The number of nitrogens with zero attached hydrogens (tertiary/aromatic N) is 3. The number of fused-ring (bicyclic) bond motifs is 3. The van der Waals surface area contributed by atoms with Gasteiger partial charge in [0.1, 0.15) is 4.83 Å². The number of benzene rings is 2. The highest BCUT2D eigenvalue weighted by atomic mass is 79.9. The van der Waals surface area contributed by atoms with Gasteiger partial charge in [-0.2, -0.15) is 5.10 Å². The number of rotatable bonds is 6. The predicted molar refractivity (Wildman–Crippen MR) is 147 cm³/mol. The summed E-state index contributed by atoms with van der Waals surface area (Å²) < 4.78 is 2.58. The fourth-order valence-corrected chi connectivity index (χ4v) is 6.66. The zero-order valence-corrected chi connectivity index (χ0v) is 22.3. The van der Waals surface area contributed by atoms with Gasteiger partial charge < -0.3 is 0 Å². The van der Waals surface area contributed by atoms with Gasteiger partial charge in [-0.15, -0.1) is 11.3 Å². The van der Waals surface area contributed by atoms with Crippen LogP contribution in [0.25, 0.3) is 15.9 Å². The first-order valence-electron chi connectivity index (χ1n) is 11.3. The summed E-state index contributed by atoms with van der Waals surface area (Å²) in [5, 5.41) is 5.30. The number of carbonyl (C=O) groups excluding carboxylic acids is 1. The minimum absolute atomic E-state index is 0.0613. The quantitative estimate of drug-likeness (QED) is 0.142. The van der Waals surface area contributed by atoms with E-state index in [9.17, 15) is 9.59 Å². The molecule has 5 rings (SSSR count). The van der Waals surface area contributed by atoms with Crippen LogP contribution < -0.4 is 11.0 Å². The third kappa shape index (κ3) is 5.27. The predicted octanol–water partition coefficient (Wildman–Crippen LogP) is 5.64. The number of thioether (sulfide) groups is 1. The van der Waals surface area contributed by atoms with Crippen molar-refractivity contribution in [2.45, 2.75) is 37.8 Å². The molecule has 35 heavy (non-hydrogen) atoms. The van der Waals surface area contributed by atoms with Gasteiger partial charge in [0, 0.05) is 9.35 Å². The molecule has 1 aliphatic rings. The maximum atomic E-state index is 13.8. The average molecular weight is 568 g/mol. The van der Waals surface area contributed by atoms with Crippen molar-refractivity contribution < 1.29 is 4.79 Å². The van der Waals surface area contributed by atoms with Gasteiger partial charge in [-0.1, -0.05) is 57.5 Å². The zero-order chi connectivity index (χ0) is 24.4. The molecule has 0 saturated carbocycles. The Kier molecular flexibility index (Phi) is 7.17. The van der Waals surface area contributed by atoms with Crippen LogP contribution in [0.5, 0.6) is 0 Å². The number of halogens is 1. The molecule has 2 aromatic heterocycles. The third-order valence-corrected chi connectivity index (χ3v) is 8.45. The van der Waals surface area contributed by atoms with Crippen LogP contribution in [0.3, 0.4) is 0 Å². The van der Waals surface area contributed by atoms with Crippen molar-refractivity contribution in [1.82, 2.24) is 15.0 Å². The molecule has 0 radical (unpaired) electrons. The molecular formula is C26H23BrN4O2S2. The maximum absolute atomic E-state index is 13.8. The van der Waals surface area contributed by atoms with Crippen molar-refractivity contribution in [3.05, 3.63) is 84.9 Å². The van der Waals surface area contributed by atoms with E-state index in [-0.39, 0.29) is 17.2 Å². The Morgan fingerprint density at radius 3 is 2.83 bits per heavy atom. The average Bonchev–Trinajstić information content (AvgIpc) is 3.22. The molecule has 1 amide bonds.